The molecule has 9 heteroatoms. The standard InChI is InChI=1S/Fe.Li.Ni.H3O4P.H2O.H/c;;;1-5(2,3)4;;/h;;;(H3,1,2,3,4);1H2;/q;+1;;;;-1. The molecule has 0 amide bonds. The summed E-state index contributed by atoms with van der Waals surface area (Å²) in [5.74, 6) is 0. The zero-order valence-electron chi connectivity index (χ0n) is 5.37. The van der Waals surface area contributed by atoms with E-state index in [-0.39, 0.29) is 59.3 Å². The first-order chi connectivity index (χ1) is 2.00. The van der Waals surface area contributed by atoms with Gasteiger partial charge in [-0.05, 0) is 0 Å². The molecule has 0 aromatic rings. The second-order valence-electron chi connectivity index (χ2n) is 0.513. The Bertz CT molecular complexity index is 67.8. The summed E-state index contributed by atoms with van der Waals surface area (Å²) in [6, 6.07) is 0. The van der Waals surface area contributed by atoms with E-state index in [2.05, 4.69) is 0 Å². The summed E-state index contributed by atoms with van der Waals surface area (Å²) in [4.78, 5) is 21.6. The van der Waals surface area contributed by atoms with Gasteiger partial charge in [-0.15, -0.1) is 0 Å². The smallest absolute Gasteiger partial charge is 1.00 e. The molecule has 0 aliphatic heterocycles. The average molecular weight is 238 g/mol. The van der Waals surface area contributed by atoms with Gasteiger partial charge in [0.1, 0.15) is 0 Å². The molecule has 0 aliphatic carbocycles. The summed E-state index contributed by atoms with van der Waals surface area (Å²) in [5, 5.41) is 0. The van der Waals surface area contributed by atoms with Crippen LogP contribution in [-0.4, -0.2) is 20.2 Å². The maximum atomic E-state index is 8.88. The molecule has 0 heterocycles. The second-order valence-corrected chi connectivity index (χ2v) is 1.54. The molecule has 0 radical (unpaired) electrons. The summed E-state index contributed by atoms with van der Waals surface area (Å²) in [7, 11) is -4.64. The predicted molar refractivity (Wildman–Crippen MR) is 19.0 cm³/mol. The fraction of sp³-hybridized carbons (Fsp3) is 0. The Kier molecular flexibility index (Phi) is 42.6. The number of phosphoric acid groups is 1. The van der Waals surface area contributed by atoms with Crippen molar-refractivity contribution in [3.8, 4) is 0 Å². The average Bonchev–Trinajstić information content (AvgIpc) is 0.722. The van der Waals surface area contributed by atoms with E-state index in [9.17, 15) is 0 Å². The normalized spacial score (nSPS) is 6.56. The topological polar surface area (TPSA) is 109 Å². The van der Waals surface area contributed by atoms with Gasteiger partial charge in [-0.25, -0.2) is 4.57 Å². The minimum absolute atomic E-state index is 0. The number of rotatable bonds is 0. The Balaban J connectivity index is -0.00000000800. The Hall–Kier alpha value is 1.68. The molecule has 0 fully saturated rings. The monoisotopic (exact) mass is 238 g/mol. The van der Waals surface area contributed by atoms with Crippen LogP contribution in [0.5, 0.6) is 0 Å². The van der Waals surface area contributed by atoms with Gasteiger partial charge in [0.05, 0.1) is 0 Å². The molecule has 0 unspecified atom stereocenters. The van der Waals surface area contributed by atoms with Crippen molar-refractivity contribution in [3.63, 3.8) is 0 Å². The molecule has 0 spiro atoms. The molecule has 0 saturated carbocycles. The summed E-state index contributed by atoms with van der Waals surface area (Å²) in [6.07, 6.45) is 0. The maximum Gasteiger partial charge on any atom is 1.00 e. The Labute approximate surface area is 86.2 Å². The van der Waals surface area contributed by atoms with Gasteiger partial charge in [0, 0.05) is 33.6 Å². The molecule has 0 rings (SSSR count). The largest absolute Gasteiger partial charge is 1.00 e. The summed E-state index contributed by atoms with van der Waals surface area (Å²) < 4.78 is 8.88. The van der Waals surface area contributed by atoms with Gasteiger partial charge in [-0.3, -0.25) is 0 Å². The van der Waals surface area contributed by atoms with E-state index in [4.69, 9.17) is 19.2 Å². The molecule has 0 saturated heterocycles. The Morgan fingerprint density at radius 3 is 1.22 bits per heavy atom. The van der Waals surface area contributed by atoms with Crippen molar-refractivity contribution in [3.05, 3.63) is 0 Å². The van der Waals surface area contributed by atoms with Crippen LogP contribution >= 0.6 is 7.82 Å². The zero-order valence-corrected chi connectivity index (χ0v) is 7.35. The minimum Gasteiger partial charge on any atom is -1.00 e. The van der Waals surface area contributed by atoms with E-state index in [1.165, 1.54) is 0 Å². The van der Waals surface area contributed by atoms with Crippen molar-refractivity contribution in [2.45, 2.75) is 0 Å². The third-order valence-electron chi connectivity index (χ3n) is 0. The number of hydrogen-bond donors (Lipinski definition) is 3. The molecule has 0 bridgehead atoms. The zero-order chi connectivity index (χ0) is 4.50. The van der Waals surface area contributed by atoms with Gasteiger partial charge < -0.3 is 21.6 Å². The minimum atomic E-state index is -4.64. The van der Waals surface area contributed by atoms with Crippen molar-refractivity contribution in [1.29, 1.82) is 0 Å². The van der Waals surface area contributed by atoms with Crippen LogP contribution < -0.4 is 18.9 Å². The van der Waals surface area contributed by atoms with Gasteiger partial charge in [0.25, 0.3) is 0 Å². The fourth-order valence-corrected chi connectivity index (χ4v) is 0. The van der Waals surface area contributed by atoms with E-state index in [1.807, 2.05) is 0 Å². The van der Waals surface area contributed by atoms with Gasteiger partial charge in [0.15, 0.2) is 0 Å². The molecule has 60 valence electrons. The molecule has 5 nitrogen and oxygen atoms in total. The first-order valence-electron chi connectivity index (χ1n) is 0.783. The van der Waals surface area contributed by atoms with Crippen LogP contribution in [0.3, 0.4) is 0 Å². The molecular formula is H6FeLiNiO5P. The quantitative estimate of drug-likeness (QED) is 0.291. The second kappa shape index (κ2) is 12.4. The third-order valence-corrected chi connectivity index (χ3v) is 0. The molecule has 5 N–H and O–H groups in total. The van der Waals surface area contributed by atoms with E-state index >= 15 is 0 Å². The summed E-state index contributed by atoms with van der Waals surface area (Å²) in [5.41, 5.74) is 0. The molecular weight excluding hydrogens is 232 g/mol. The first kappa shape index (κ1) is 31.0. The van der Waals surface area contributed by atoms with Crippen molar-refractivity contribution < 1.29 is 78.6 Å². The fourth-order valence-electron chi connectivity index (χ4n) is 0. The van der Waals surface area contributed by atoms with Gasteiger partial charge in [0.2, 0.25) is 0 Å². The molecule has 0 aromatic heterocycles. The summed E-state index contributed by atoms with van der Waals surface area (Å²) in [6.45, 7) is 0. The summed E-state index contributed by atoms with van der Waals surface area (Å²) >= 11 is 0. The van der Waals surface area contributed by atoms with Gasteiger partial charge in [-0.1, -0.05) is 0 Å². The van der Waals surface area contributed by atoms with Gasteiger partial charge in [-0.2, -0.15) is 0 Å². The van der Waals surface area contributed by atoms with E-state index in [1.54, 1.807) is 0 Å². The molecule has 0 atom stereocenters. The number of hydrogen-bond acceptors (Lipinski definition) is 1. The van der Waals surface area contributed by atoms with Crippen LogP contribution in [-0.2, 0) is 38.1 Å². The van der Waals surface area contributed by atoms with Gasteiger partial charge >= 0.3 is 26.7 Å². The molecule has 0 aliphatic rings. The van der Waals surface area contributed by atoms with Crippen LogP contribution in [0.25, 0.3) is 0 Å². The molecule has 9 heavy (non-hydrogen) atoms. The Morgan fingerprint density at radius 2 is 1.22 bits per heavy atom. The predicted octanol–water partition coefficient (Wildman–Crippen LogP) is -4.64. The van der Waals surface area contributed by atoms with Crippen LogP contribution in [0.1, 0.15) is 1.43 Å². The van der Waals surface area contributed by atoms with Crippen molar-refractivity contribution in [2.24, 2.45) is 0 Å². The van der Waals surface area contributed by atoms with Crippen LogP contribution in [0, 0.1) is 0 Å². The van der Waals surface area contributed by atoms with Crippen molar-refractivity contribution in [1.82, 2.24) is 0 Å². The third kappa shape index (κ3) is 202. The Morgan fingerprint density at radius 1 is 1.22 bits per heavy atom. The van der Waals surface area contributed by atoms with E-state index in [0.717, 1.165) is 0 Å². The van der Waals surface area contributed by atoms with Crippen LogP contribution in [0.4, 0.5) is 0 Å². The van der Waals surface area contributed by atoms with Crippen molar-refractivity contribution in [2.75, 3.05) is 0 Å². The first-order valence-corrected chi connectivity index (χ1v) is 2.35. The molecule has 0 aromatic carbocycles. The van der Waals surface area contributed by atoms with Crippen molar-refractivity contribution >= 4 is 7.82 Å². The van der Waals surface area contributed by atoms with Crippen LogP contribution in [0.15, 0.2) is 0 Å². The van der Waals surface area contributed by atoms with Crippen LogP contribution in [0.2, 0.25) is 0 Å². The maximum absolute atomic E-state index is 8.88. The van der Waals surface area contributed by atoms with E-state index < -0.39 is 7.82 Å². The SMILES string of the molecule is O.O=P(O)(O)O.[Fe].[H-].[Li+].[Ni]. The van der Waals surface area contributed by atoms with E-state index in [0.29, 0.717) is 0 Å².